The molecular weight excluding hydrogens is 344 g/mol. The van der Waals surface area contributed by atoms with Crippen LogP contribution in [0.25, 0.3) is 11.0 Å². The molecule has 0 atom stereocenters. The summed E-state index contributed by atoms with van der Waals surface area (Å²) in [6, 6.07) is 8.77. The maximum Gasteiger partial charge on any atom is 0.339 e. The van der Waals surface area contributed by atoms with Gasteiger partial charge in [0.05, 0.1) is 18.1 Å². The van der Waals surface area contributed by atoms with Gasteiger partial charge in [-0.05, 0) is 19.2 Å². The first-order valence-electron chi connectivity index (χ1n) is 7.89. The summed E-state index contributed by atoms with van der Waals surface area (Å²) in [6.45, 7) is 4.54. The van der Waals surface area contributed by atoms with Gasteiger partial charge < -0.3 is 19.0 Å². The molecule has 0 saturated carbocycles. The second kappa shape index (κ2) is 8.00. The van der Waals surface area contributed by atoms with Crippen LogP contribution in [-0.4, -0.2) is 59.7 Å². The van der Waals surface area contributed by atoms with Crippen LogP contribution in [0.15, 0.2) is 39.5 Å². The fourth-order valence-electron chi connectivity index (χ4n) is 2.56. The average molecular weight is 364 g/mol. The molecule has 1 aliphatic rings. The van der Waals surface area contributed by atoms with Crippen molar-refractivity contribution in [2.24, 2.45) is 0 Å². The average Bonchev–Trinajstić information content (AvgIpc) is 2.58. The van der Waals surface area contributed by atoms with Crippen molar-refractivity contribution in [1.29, 1.82) is 0 Å². The summed E-state index contributed by atoms with van der Waals surface area (Å²) in [5.41, 5.74) is 0.143. The highest BCUT2D eigenvalue weighted by Gasteiger charge is 2.16. The van der Waals surface area contributed by atoms with Crippen LogP contribution in [0, 0.1) is 0 Å². The number of benzene rings is 1. The summed E-state index contributed by atoms with van der Waals surface area (Å²) in [7, 11) is 2.13. The predicted octanol–water partition coefficient (Wildman–Crippen LogP) is 2.44. The van der Waals surface area contributed by atoms with Gasteiger partial charge in [0.25, 0.3) is 0 Å². The number of ether oxygens (including phenoxy) is 1. The predicted molar refractivity (Wildman–Crippen MR) is 102 cm³/mol. The third-order valence-corrected chi connectivity index (χ3v) is 5.43. The lowest BCUT2D eigenvalue weighted by atomic mass is 10.2. The zero-order chi connectivity index (χ0) is 16.9. The van der Waals surface area contributed by atoms with Crippen molar-refractivity contribution in [3.05, 3.63) is 40.8 Å². The number of nitrogens with zero attached hydrogens (tertiary/aromatic N) is 2. The molecule has 0 bridgehead atoms. The molecular formula is C17H20N2O3S2. The first kappa shape index (κ1) is 17.3. The maximum atomic E-state index is 11.6. The first-order chi connectivity index (χ1) is 11.6. The summed E-state index contributed by atoms with van der Waals surface area (Å²) in [5.74, 6) is 1.31. The fraction of sp³-hybridized carbons (Fsp3) is 0.412. The second-order valence-electron chi connectivity index (χ2n) is 5.68. The van der Waals surface area contributed by atoms with Gasteiger partial charge in [0.1, 0.15) is 15.7 Å². The van der Waals surface area contributed by atoms with Crippen LogP contribution < -0.4 is 10.4 Å². The molecule has 5 nitrogen and oxygen atoms in total. The van der Waals surface area contributed by atoms with E-state index in [9.17, 15) is 4.79 Å². The minimum Gasteiger partial charge on any atom is -0.492 e. The van der Waals surface area contributed by atoms with Crippen molar-refractivity contribution in [3.8, 4) is 5.75 Å². The van der Waals surface area contributed by atoms with E-state index in [1.165, 1.54) is 6.07 Å². The largest absolute Gasteiger partial charge is 0.492 e. The molecule has 3 rings (SSSR count). The number of thioether (sulfide) groups is 1. The van der Waals surface area contributed by atoms with Gasteiger partial charge in [-0.3, -0.25) is 0 Å². The van der Waals surface area contributed by atoms with E-state index >= 15 is 0 Å². The Hall–Kier alpha value is -1.57. The Kier molecular flexibility index (Phi) is 5.76. The van der Waals surface area contributed by atoms with E-state index in [1.807, 2.05) is 18.2 Å². The molecule has 0 aliphatic carbocycles. The highest BCUT2D eigenvalue weighted by atomic mass is 32.2. The lowest BCUT2D eigenvalue weighted by Gasteiger charge is -2.33. The monoisotopic (exact) mass is 364 g/mol. The van der Waals surface area contributed by atoms with Crippen LogP contribution in [0.1, 0.15) is 0 Å². The van der Waals surface area contributed by atoms with Crippen LogP contribution in [0.3, 0.4) is 0 Å². The Morgan fingerprint density at radius 1 is 1.29 bits per heavy atom. The Morgan fingerprint density at radius 3 is 2.83 bits per heavy atom. The van der Waals surface area contributed by atoms with Gasteiger partial charge in [-0.15, -0.1) is 0 Å². The molecule has 128 valence electrons. The van der Waals surface area contributed by atoms with Crippen molar-refractivity contribution in [2.45, 2.75) is 0 Å². The van der Waals surface area contributed by atoms with Gasteiger partial charge >= 0.3 is 5.63 Å². The number of rotatable bonds is 4. The van der Waals surface area contributed by atoms with Crippen LogP contribution >= 0.6 is 24.0 Å². The molecule has 1 fully saturated rings. The van der Waals surface area contributed by atoms with Crippen molar-refractivity contribution >= 4 is 39.3 Å². The number of hydrogen-bond donors (Lipinski definition) is 0. The third kappa shape index (κ3) is 4.28. The molecule has 1 aliphatic heterocycles. The van der Waals surface area contributed by atoms with Gasteiger partial charge in [0, 0.05) is 31.9 Å². The van der Waals surface area contributed by atoms with E-state index in [2.05, 4.69) is 16.8 Å². The summed E-state index contributed by atoms with van der Waals surface area (Å²) in [6.07, 6.45) is 0. The van der Waals surface area contributed by atoms with Crippen LogP contribution in [0.5, 0.6) is 5.75 Å². The molecule has 7 heteroatoms. The Labute approximate surface area is 150 Å². The van der Waals surface area contributed by atoms with Gasteiger partial charge in [-0.25, -0.2) is 4.79 Å². The number of piperazine rings is 1. The van der Waals surface area contributed by atoms with Crippen LogP contribution in [-0.2, 0) is 0 Å². The van der Waals surface area contributed by atoms with Crippen molar-refractivity contribution in [3.63, 3.8) is 0 Å². The number of fused-ring (bicyclic) bond motifs is 1. The van der Waals surface area contributed by atoms with Crippen LogP contribution in [0.2, 0.25) is 0 Å². The van der Waals surface area contributed by atoms with E-state index in [4.69, 9.17) is 21.4 Å². The van der Waals surface area contributed by atoms with E-state index in [-0.39, 0.29) is 0 Å². The minimum absolute atomic E-state index is 0.399. The molecule has 2 heterocycles. The van der Waals surface area contributed by atoms with Gasteiger partial charge in [-0.1, -0.05) is 36.1 Å². The molecule has 1 saturated heterocycles. The highest BCUT2D eigenvalue weighted by molar-refractivity contribution is 8.22. The molecule has 0 N–H and O–H groups in total. The van der Waals surface area contributed by atoms with Gasteiger partial charge in [-0.2, -0.15) is 0 Å². The molecule has 0 amide bonds. The topological polar surface area (TPSA) is 45.9 Å². The zero-order valence-electron chi connectivity index (χ0n) is 13.6. The van der Waals surface area contributed by atoms with E-state index in [1.54, 1.807) is 17.8 Å². The molecule has 24 heavy (non-hydrogen) atoms. The SMILES string of the molecule is CN1CCN(C(=S)SCCOc2cc(=O)oc3ccccc23)CC1. The van der Waals surface area contributed by atoms with Gasteiger partial charge in [0.15, 0.2) is 0 Å². The zero-order valence-corrected chi connectivity index (χ0v) is 15.2. The molecule has 1 aromatic carbocycles. The van der Waals surface area contributed by atoms with E-state index in [0.717, 1.165) is 41.6 Å². The summed E-state index contributed by atoms with van der Waals surface area (Å²) >= 11 is 7.12. The summed E-state index contributed by atoms with van der Waals surface area (Å²) in [4.78, 5) is 16.1. The summed E-state index contributed by atoms with van der Waals surface area (Å²) in [5, 5.41) is 0.809. The number of hydrogen-bond acceptors (Lipinski definition) is 6. The highest BCUT2D eigenvalue weighted by Crippen LogP contribution is 2.23. The minimum atomic E-state index is -0.399. The molecule has 0 spiro atoms. The molecule has 2 aromatic rings. The van der Waals surface area contributed by atoms with E-state index < -0.39 is 5.63 Å². The summed E-state index contributed by atoms with van der Waals surface area (Å²) < 4.78 is 11.9. The normalized spacial score (nSPS) is 15.6. The second-order valence-corrected chi connectivity index (χ2v) is 7.41. The third-order valence-electron chi connectivity index (χ3n) is 3.94. The Bertz CT molecular complexity index is 770. The molecule has 0 unspecified atom stereocenters. The quantitative estimate of drug-likeness (QED) is 0.469. The fourth-order valence-corrected chi connectivity index (χ4v) is 3.70. The van der Waals surface area contributed by atoms with Crippen molar-refractivity contribution < 1.29 is 9.15 Å². The molecule has 1 aromatic heterocycles. The smallest absolute Gasteiger partial charge is 0.339 e. The lowest BCUT2D eigenvalue weighted by molar-refractivity contribution is 0.220. The standard InChI is InChI=1S/C17H20N2O3S2/c1-18-6-8-19(9-7-18)17(23)24-11-10-21-15-12-16(20)22-14-5-3-2-4-13(14)15/h2-5,12H,6-11H2,1H3. The number of para-hydroxylation sites is 1. The Morgan fingerprint density at radius 2 is 2.04 bits per heavy atom. The van der Waals surface area contributed by atoms with E-state index in [0.29, 0.717) is 17.9 Å². The van der Waals surface area contributed by atoms with Crippen molar-refractivity contribution in [1.82, 2.24) is 9.80 Å². The lowest BCUT2D eigenvalue weighted by Crippen LogP contribution is -2.45. The number of likely N-dealkylation sites (N-methyl/N-ethyl adjacent to an activating group) is 1. The first-order valence-corrected chi connectivity index (χ1v) is 9.29. The molecule has 0 radical (unpaired) electrons. The Balaban J connectivity index is 1.52. The van der Waals surface area contributed by atoms with Crippen LogP contribution in [0.4, 0.5) is 0 Å². The maximum absolute atomic E-state index is 11.6. The van der Waals surface area contributed by atoms with Crippen molar-refractivity contribution in [2.75, 3.05) is 45.6 Å². The number of thiocarbonyl (C=S) groups is 1. The van der Waals surface area contributed by atoms with Gasteiger partial charge in [0.2, 0.25) is 0 Å².